The van der Waals surface area contributed by atoms with E-state index in [1.165, 1.54) is 4.68 Å². The van der Waals surface area contributed by atoms with Gasteiger partial charge in [-0.25, -0.2) is 0 Å². The molecule has 0 unspecified atom stereocenters. The molecule has 0 radical (unpaired) electrons. The molecule has 1 heterocycles. The van der Waals surface area contributed by atoms with Crippen molar-refractivity contribution in [3.8, 4) is 11.6 Å². The molecule has 0 amide bonds. The average molecular weight is 417 g/mol. The second kappa shape index (κ2) is 9.19. The van der Waals surface area contributed by atoms with Crippen LogP contribution in [-0.2, 0) is 13.1 Å². The normalized spacial score (nSPS) is 10.5. The number of nitrogens with one attached hydrogen (secondary N) is 1. The molecule has 4 rings (SSSR count). The molecule has 0 spiro atoms. The van der Waals surface area contributed by atoms with Gasteiger partial charge < -0.3 is 19.8 Å². The summed E-state index contributed by atoms with van der Waals surface area (Å²) in [5, 5.41) is 20.1. The Balaban J connectivity index is 1.63. The lowest BCUT2D eigenvalue weighted by Crippen LogP contribution is -2.42. The number of thiocarbonyl (C=S) groups is 1. The first-order valence-electron chi connectivity index (χ1n) is 9.49. The van der Waals surface area contributed by atoms with Crippen molar-refractivity contribution < 1.29 is 14.3 Å². The van der Waals surface area contributed by atoms with Crippen LogP contribution in [0.1, 0.15) is 11.3 Å². The van der Waals surface area contributed by atoms with Crippen molar-refractivity contribution in [2.45, 2.75) is 13.1 Å². The van der Waals surface area contributed by atoms with Gasteiger partial charge in [-0.1, -0.05) is 66.7 Å². The zero-order valence-corrected chi connectivity index (χ0v) is 17.0. The van der Waals surface area contributed by atoms with E-state index in [1.54, 1.807) is 0 Å². The van der Waals surface area contributed by atoms with Crippen LogP contribution < -0.4 is 15.1 Å². The number of hydrogen-bond acceptors (Lipinski definition) is 4. The maximum Gasteiger partial charge on any atom is 0.259 e. The van der Waals surface area contributed by atoms with E-state index in [1.807, 2.05) is 95.9 Å². The highest BCUT2D eigenvalue weighted by atomic mass is 32.1. The SMILES string of the molecule is [O-]c1on[n+](-c2ccccc2)c1CN(Cc1ccccc1)C(=S)Nc1ccccc1. The molecule has 0 aliphatic carbocycles. The number of benzene rings is 3. The fraction of sp³-hybridized carbons (Fsp3) is 0.0870. The molecule has 0 aliphatic heterocycles. The Hall–Kier alpha value is -3.71. The summed E-state index contributed by atoms with van der Waals surface area (Å²) in [4.78, 5) is 1.92. The van der Waals surface area contributed by atoms with Gasteiger partial charge in [0.1, 0.15) is 6.54 Å². The quantitative estimate of drug-likeness (QED) is 0.384. The first kappa shape index (κ1) is 19.6. The number of anilines is 1. The van der Waals surface area contributed by atoms with Crippen LogP contribution >= 0.6 is 12.2 Å². The molecule has 30 heavy (non-hydrogen) atoms. The molecule has 0 fully saturated rings. The topological polar surface area (TPSA) is 68.2 Å². The molecule has 7 heteroatoms. The Morgan fingerprint density at radius 3 is 2.17 bits per heavy atom. The van der Waals surface area contributed by atoms with Crippen LogP contribution in [0.25, 0.3) is 5.69 Å². The zero-order chi connectivity index (χ0) is 20.8. The molecule has 0 atom stereocenters. The first-order valence-corrected chi connectivity index (χ1v) is 9.90. The third-order valence-corrected chi connectivity index (χ3v) is 4.93. The van der Waals surface area contributed by atoms with Crippen LogP contribution in [-0.4, -0.2) is 15.3 Å². The third kappa shape index (κ3) is 4.64. The second-order valence-electron chi connectivity index (χ2n) is 6.69. The van der Waals surface area contributed by atoms with Crippen molar-refractivity contribution in [2.75, 3.05) is 5.32 Å². The largest absolute Gasteiger partial charge is 0.539 e. The fourth-order valence-electron chi connectivity index (χ4n) is 3.08. The van der Waals surface area contributed by atoms with Gasteiger partial charge in [-0.05, 0) is 34.6 Å². The third-order valence-electron chi connectivity index (χ3n) is 4.57. The lowest BCUT2D eigenvalue weighted by molar-refractivity contribution is -0.678. The predicted molar refractivity (Wildman–Crippen MR) is 116 cm³/mol. The summed E-state index contributed by atoms with van der Waals surface area (Å²) in [6, 6.07) is 29.1. The zero-order valence-electron chi connectivity index (χ0n) is 16.1. The molecule has 1 aromatic heterocycles. The Bertz CT molecular complexity index is 1100. The van der Waals surface area contributed by atoms with Crippen molar-refractivity contribution in [3.05, 3.63) is 102 Å². The van der Waals surface area contributed by atoms with E-state index in [0.29, 0.717) is 17.4 Å². The van der Waals surface area contributed by atoms with Gasteiger partial charge in [0.25, 0.3) is 5.69 Å². The molecule has 150 valence electrons. The van der Waals surface area contributed by atoms with Crippen LogP contribution in [0.3, 0.4) is 0 Å². The smallest absolute Gasteiger partial charge is 0.259 e. The molecular weight excluding hydrogens is 396 g/mol. The second-order valence-corrected chi connectivity index (χ2v) is 7.08. The van der Waals surface area contributed by atoms with Crippen molar-refractivity contribution in [2.24, 2.45) is 0 Å². The standard InChI is InChI=1S/C23H20N4O2S/c28-22-21(27(25-29-22)20-14-8-3-9-15-20)17-26(16-18-10-4-1-5-11-18)23(30)24-19-12-6-2-7-13-19/h1-15H,16-17H2,(H-,24,25,28,30). The highest BCUT2D eigenvalue weighted by Gasteiger charge is 2.24. The minimum absolute atomic E-state index is 0.241. The molecule has 1 N–H and O–H groups in total. The molecule has 0 saturated carbocycles. The van der Waals surface area contributed by atoms with Gasteiger partial charge in [-0.15, -0.1) is 0 Å². The summed E-state index contributed by atoms with van der Waals surface area (Å²) in [5.74, 6) is -0.487. The average Bonchev–Trinajstić information content (AvgIpc) is 3.15. The van der Waals surface area contributed by atoms with Crippen LogP contribution in [0.2, 0.25) is 0 Å². The van der Waals surface area contributed by atoms with Gasteiger partial charge in [-0.3, -0.25) is 0 Å². The molecule has 0 saturated heterocycles. The summed E-state index contributed by atoms with van der Waals surface area (Å²) in [7, 11) is 0. The molecule has 4 aromatic rings. The number of hydrogen-bond donors (Lipinski definition) is 1. The van der Waals surface area contributed by atoms with Crippen molar-refractivity contribution >= 4 is 23.0 Å². The molecule has 3 aromatic carbocycles. The van der Waals surface area contributed by atoms with E-state index in [2.05, 4.69) is 10.6 Å². The maximum absolute atomic E-state index is 12.4. The predicted octanol–water partition coefficient (Wildman–Crippen LogP) is 3.42. The van der Waals surface area contributed by atoms with E-state index in [0.717, 1.165) is 16.9 Å². The van der Waals surface area contributed by atoms with Crippen LogP contribution in [0.4, 0.5) is 5.69 Å². The van der Waals surface area contributed by atoms with Crippen LogP contribution in [0, 0.1) is 0 Å². The molecule has 0 aliphatic rings. The number of aromatic nitrogens is 2. The first-order chi connectivity index (χ1) is 14.7. The van der Waals surface area contributed by atoms with E-state index < -0.39 is 5.95 Å². The van der Waals surface area contributed by atoms with Gasteiger partial charge >= 0.3 is 0 Å². The highest BCUT2D eigenvalue weighted by molar-refractivity contribution is 7.80. The van der Waals surface area contributed by atoms with E-state index in [-0.39, 0.29) is 6.54 Å². The number of para-hydroxylation sites is 2. The summed E-state index contributed by atoms with van der Waals surface area (Å²) < 4.78 is 6.49. The minimum Gasteiger partial charge on any atom is -0.539 e. The Labute approximate surface area is 180 Å². The highest BCUT2D eigenvalue weighted by Crippen LogP contribution is 2.17. The number of rotatable bonds is 6. The number of nitrogens with zero attached hydrogens (tertiary/aromatic N) is 3. The van der Waals surface area contributed by atoms with Gasteiger partial charge in [0.15, 0.2) is 11.1 Å². The van der Waals surface area contributed by atoms with E-state index in [4.69, 9.17) is 16.7 Å². The van der Waals surface area contributed by atoms with Gasteiger partial charge in [0.05, 0.1) is 5.27 Å². The Morgan fingerprint density at radius 2 is 1.50 bits per heavy atom. The van der Waals surface area contributed by atoms with E-state index >= 15 is 0 Å². The molecular formula is C23H20N4O2S. The van der Waals surface area contributed by atoms with Crippen LogP contribution in [0.15, 0.2) is 95.5 Å². The summed E-state index contributed by atoms with van der Waals surface area (Å²) in [5.41, 5.74) is 3.10. The van der Waals surface area contributed by atoms with Gasteiger partial charge in [0.2, 0.25) is 5.69 Å². The lowest BCUT2D eigenvalue weighted by atomic mass is 10.2. The van der Waals surface area contributed by atoms with Crippen LogP contribution in [0.5, 0.6) is 5.95 Å². The molecule has 6 nitrogen and oxygen atoms in total. The maximum atomic E-state index is 12.4. The van der Waals surface area contributed by atoms with Gasteiger partial charge in [0, 0.05) is 24.4 Å². The van der Waals surface area contributed by atoms with E-state index in [9.17, 15) is 5.11 Å². The summed E-state index contributed by atoms with van der Waals surface area (Å²) >= 11 is 5.69. The van der Waals surface area contributed by atoms with Crippen molar-refractivity contribution in [1.29, 1.82) is 0 Å². The summed E-state index contributed by atoms with van der Waals surface area (Å²) in [6.07, 6.45) is 0. The Morgan fingerprint density at radius 1 is 0.900 bits per heavy atom. The fourth-order valence-corrected chi connectivity index (χ4v) is 3.33. The van der Waals surface area contributed by atoms with Crippen molar-refractivity contribution in [1.82, 2.24) is 10.2 Å². The van der Waals surface area contributed by atoms with Gasteiger partial charge in [-0.2, -0.15) is 0 Å². The minimum atomic E-state index is -0.487. The summed E-state index contributed by atoms with van der Waals surface area (Å²) in [6.45, 7) is 0.768. The van der Waals surface area contributed by atoms with Crippen molar-refractivity contribution in [3.63, 3.8) is 0 Å². The Kier molecular flexibility index (Phi) is 6.01. The monoisotopic (exact) mass is 416 g/mol. The lowest BCUT2D eigenvalue weighted by Gasteiger charge is -2.24. The molecule has 0 bridgehead atoms.